The van der Waals surface area contributed by atoms with Crippen molar-refractivity contribution in [3.63, 3.8) is 0 Å². The van der Waals surface area contributed by atoms with Crippen molar-refractivity contribution < 1.29 is 13.7 Å². The van der Waals surface area contributed by atoms with Gasteiger partial charge in [0.05, 0.1) is 6.54 Å². The second kappa shape index (κ2) is 7.84. The Morgan fingerprint density at radius 1 is 1.17 bits per heavy atom. The predicted octanol–water partition coefficient (Wildman–Crippen LogP) is 3.37. The minimum atomic E-state index is -0.791. The number of H-pyrrole nitrogens is 1. The highest BCUT2D eigenvalue weighted by atomic mass is 35.5. The van der Waals surface area contributed by atoms with Gasteiger partial charge in [-0.2, -0.15) is 0 Å². The van der Waals surface area contributed by atoms with Crippen LogP contribution in [0.3, 0.4) is 0 Å². The fraction of sp³-hybridized carbons (Fsp3) is 0.150. The summed E-state index contributed by atoms with van der Waals surface area (Å²) in [6, 6.07) is 14.4. The molecule has 0 fully saturated rings. The van der Waals surface area contributed by atoms with Crippen molar-refractivity contribution in [3.05, 3.63) is 91.6 Å². The predicted molar refractivity (Wildman–Crippen MR) is 105 cm³/mol. The maximum Gasteiger partial charge on any atom is 0.440 e. The fourth-order valence-corrected chi connectivity index (χ4v) is 2.87. The van der Waals surface area contributed by atoms with Crippen molar-refractivity contribution in [2.24, 2.45) is 0 Å². The lowest BCUT2D eigenvalue weighted by molar-refractivity contribution is 0.257. The molecule has 0 bridgehead atoms. The highest BCUT2D eigenvalue weighted by molar-refractivity contribution is 6.30. The molecule has 2 heterocycles. The molecule has 0 aliphatic carbocycles. The zero-order valence-electron chi connectivity index (χ0n) is 15.3. The highest BCUT2D eigenvalue weighted by Crippen LogP contribution is 2.24. The van der Waals surface area contributed by atoms with E-state index in [1.165, 1.54) is 0 Å². The van der Waals surface area contributed by atoms with Gasteiger partial charge < -0.3 is 13.7 Å². The third kappa shape index (κ3) is 4.33. The standard InChI is InChI=1S/C20H16ClN3O5/c1-12-17(22-18(28-12)14-5-7-15(21)8-6-14)11-27-16-4-2-3-13(9-16)10-24-19(25)23-20(26)29-24/h2-9H,10-11H2,1H3,(H,23,25,26). The molecule has 148 valence electrons. The molecule has 0 aliphatic rings. The summed E-state index contributed by atoms with van der Waals surface area (Å²) in [5.74, 6) is 0.949. The molecule has 0 saturated carbocycles. The first-order valence-corrected chi connectivity index (χ1v) is 9.10. The Balaban J connectivity index is 1.47. The average Bonchev–Trinajstić information content (AvgIpc) is 3.22. The van der Waals surface area contributed by atoms with Gasteiger partial charge in [-0.05, 0) is 48.9 Å². The van der Waals surface area contributed by atoms with Gasteiger partial charge in [-0.3, -0.25) is 0 Å². The van der Waals surface area contributed by atoms with Crippen molar-refractivity contribution in [2.75, 3.05) is 0 Å². The number of nitrogens with one attached hydrogen (secondary N) is 1. The zero-order valence-corrected chi connectivity index (χ0v) is 16.1. The Kier molecular flexibility index (Phi) is 5.09. The van der Waals surface area contributed by atoms with Crippen LogP contribution in [0.15, 0.2) is 67.1 Å². The van der Waals surface area contributed by atoms with Crippen LogP contribution in [0.25, 0.3) is 11.5 Å². The summed E-state index contributed by atoms with van der Waals surface area (Å²) < 4.78 is 17.3. The molecule has 2 aromatic carbocycles. The maximum atomic E-state index is 11.6. The van der Waals surface area contributed by atoms with Crippen LogP contribution in [0.4, 0.5) is 0 Å². The van der Waals surface area contributed by atoms with Crippen molar-refractivity contribution in [3.8, 4) is 17.2 Å². The number of aryl methyl sites for hydroxylation is 1. The number of hydrogen-bond acceptors (Lipinski definition) is 6. The van der Waals surface area contributed by atoms with Gasteiger partial charge in [0, 0.05) is 10.6 Å². The summed E-state index contributed by atoms with van der Waals surface area (Å²) >= 11 is 5.91. The topological polar surface area (TPSA) is 103 Å². The molecule has 0 radical (unpaired) electrons. The third-order valence-electron chi connectivity index (χ3n) is 4.21. The number of halogens is 1. The van der Waals surface area contributed by atoms with Gasteiger partial charge in [-0.1, -0.05) is 23.7 Å². The number of hydrogen-bond donors (Lipinski definition) is 1. The summed E-state index contributed by atoms with van der Waals surface area (Å²) in [5.41, 5.74) is 1.64. The Morgan fingerprint density at radius 2 is 1.97 bits per heavy atom. The van der Waals surface area contributed by atoms with E-state index in [1.807, 2.05) is 24.0 Å². The number of benzene rings is 2. The molecular weight excluding hydrogens is 398 g/mol. The molecule has 0 amide bonds. The summed E-state index contributed by atoms with van der Waals surface area (Å²) in [4.78, 5) is 29.2. The molecule has 0 aliphatic heterocycles. The lowest BCUT2D eigenvalue weighted by Gasteiger charge is -2.06. The first kappa shape index (κ1) is 18.8. The summed E-state index contributed by atoms with van der Waals surface area (Å²) in [6.45, 7) is 2.14. The van der Waals surface area contributed by atoms with Crippen LogP contribution < -0.4 is 16.2 Å². The van der Waals surface area contributed by atoms with Crippen LogP contribution in [-0.4, -0.2) is 14.7 Å². The van der Waals surface area contributed by atoms with E-state index >= 15 is 0 Å². The quantitative estimate of drug-likeness (QED) is 0.519. The second-order valence-corrected chi connectivity index (χ2v) is 6.75. The van der Waals surface area contributed by atoms with Crippen LogP contribution in [-0.2, 0) is 13.2 Å². The molecule has 4 aromatic rings. The number of aromatic amines is 1. The van der Waals surface area contributed by atoms with Crippen LogP contribution in [0.2, 0.25) is 5.02 Å². The minimum Gasteiger partial charge on any atom is -0.487 e. The third-order valence-corrected chi connectivity index (χ3v) is 4.46. The summed E-state index contributed by atoms with van der Waals surface area (Å²) in [7, 11) is 0. The normalized spacial score (nSPS) is 11.0. The van der Waals surface area contributed by atoms with Crippen LogP contribution >= 0.6 is 11.6 Å². The summed E-state index contributed by atoms with van der Waals surface area (Å²) in [6.07, 6.45) is 0. The number of aromatic nitrogens is 3. The van der Waals surface area contributed by atoms with E-state index in [1.54, 1.807) is 36.4 Å². The Bertz CT molecular complexity index is 1250. The monoisotopic (exact) mass is 413 g/mol. The highest BCUT2D eigenvalue weighted by Gasteiger charge is 2.12. The molecule has 0 saturated heterocycles. The van der Waals surface area contributed by atoms with Crippen LogP contribution in [0.5, 0.6) is 5.75 Å². The Morgan fingerprint density at radius 3 is 2.69 bits per heavy atom. The molecule has 9 heteroatoms. The van der Waals surface area contributed by atoms with Gasteiger partial charge in [0.1, 0.15) is 23.8 Å². The number of ether oxygens (including phenoxy) is 1. The molecule has 29 heavy (non-hydrogen) atoms. The molecule has 1 N–H and O–H groups in total. The summed E-state index contributed by atoms with van der Waals surface area (Å²) in [5, 5.41) is 0.640. The fourth-order valence-electron chi connectivity index (χ4n) is 2.75. The van der Waals surface area contributed by atoms with E-state index in [9.17, 15) is 9.59 Å². The van der Waals surface area contributed by atoms with Crippen molar-refractivity contribution in [1.29, 1.82) is 0 Å². The van der Waals surface area contributed by atoms with E-state index in [0.29, 0.717) is 28.1 Å². The van der Waals surface area contributed by atoms with Gasteiger partial charge in [0.25, 0.3) is 0 Å². The first-order chi connectivity index (χ1) is 14.0. The molecule has 2 aromatic heterocycles. The Hall–Kier alpha value is -3.52. The van der Waals surface area contributed by atoms with E-state index in [0.717, 1.165) is 15.9 Å². The minimum absolute atomic E-state index is 0.110. The van der Waals surface area contributed by atoms with Crippen molar-refractivity contribution in [2.45, 2.75) is 20.1 Å². The van der Waals surface area contributed by atoms with Gasteiger partial charge in [0.2, 0.25) is 5.89 Å². The van der Waals surface area contributed by atoms with Gasteiger partial charge in [-0.25, -0.2) is 19.6 Å². The Labute approximate surface area is 169 Å². The van der Waals surface area contributed by atoms with E-state index in [4.69, 9.17) is 25.3 Å². The smallest absolute Gasteiger partial charge is 0.440 e. The zero-order chi connectivity index (χ0) is 20.4. The van der Waals surface area contributed by atoms with Gasteiger partial charge in [-0.15, -0.1) is 4.74 Å². The van der Waals surface area contributed by atoms with Crippen LogP contribution in [0, 0.1) is 6.92 Å². The van der Waals surface area contributed by atoms with Gasteiger partial charge in [0.15, 0.2) is 0 Å². The molecule has 0 spiro atoms. The van der Waals surface area contributed by atoms with Crippen molar-refractivity contribution >= 4 is 11.6 Å². The number of rotatable bonds is 6. The van der Waals surface area contributed by atoms with Gasteiger partial charge >= 0.3 is 11.4 Å². The molecule has 0 unspecified atom stereocenters. The molecular formula is C20H16ClN3O5. The van der Waals surface area contributed by atoms with E-state index in [2.05, 4.69) is 4.98 Å². The second-order valence-electron chi connectivity index (χ2n) is 6.31. The molecule has 8 nitrogen and oxygen atoms in total. The molecule has 0 atom stereocenters. The maximum absolute atomic E-state index is 11.6. The van der Waals surface area contributed by atoms with Crippen molar-refractivity contribution in [1.82, 2.24) is 14.7 Å². The number of nitrogens with zero attached hydrogens (tertiary/aromatic N) is 2. The molecule has 4 rings (SSSR count). The first-order valence-electron chi connectivity index (χ1n) is 8.72. The van der Waals surface area contributed by atoms with E-state index < -0.39 is 11.4 Å². The average molecular weight is 414 g/mol. The largest absolute Gasteiger partial charge is 0.487 e. The number of oxazole rings is 1. The lowest BCUT2D eigenvalue weighted by atomic mass is 10.2. The van der Waals surface area contributed by atoms with Crippen LogP contribution in [0.1, 0.15) is 17.0 Å². The lowest BCUT2D eigenvalue weighted by Crippen LogP contribution is -2.17. The SMILES string of the molecule is Cc1oc(-c2ccc(Cl)cc2)nc1COc1cccc(Cn2oc(=O)[nH]c2=O)c1. The van der Waals surface area contributed by atoms with E-state index in [-0.39, 0.29) is 13.2 Å².